The second-order valence-electron chi connectivity index (χ2n) is 4.89. The summed E-state index contributed by atoms with van der Waals surface area (Å²) in [6.45, 7) is 0.907. The number of carbonyl (C=O) groups excluding carboxylic acids is 2. The van der Waals surface area contributed by atoms with Crippen molar-refractivity contribution in [1.29, 1.82) is 0 Å². The average molecular weight is 247 g/mol. The van der Waals surface area contributed by atoms with Crippen LogP contribution in [0.2, 0.25) is 0 Å². The van der Waals surface area contributed by atoms with Crippen LogP contribution in [0.1, 0.15) is 20.7 Å². The van der Waals surface area contributed by atoms with Crippen molar-refractivity contribution >= 4 is 11.8 Å². The lowest BCUT2D eigenvalue weighted by Gasteiger charge is -2.41. The zero-order valence-corrected chi connectivity index (χ0v) is 9.76. The molecule has 0 aliphatic carbocycles. The van der Waals surface area contributed by atoms with Gasteiger partial charge in [-0.15, -0.1) is 0 Å². The van der Waals surface area contributed by atoms with Gasteiger partial charge in [0.2, 0.25) is 0 Å². The van der Waals surface area contributed by atoms with E-state index < -0.39 is 5.41 Å². The minimum Gasteiger partial charge on any atom is -0.396 e. The summed E-state index contributed by atoms with van der Waals surface area (Å²) in [5.74, 6) is -0.564. The summed E-state index contributed by atoms with van der Waals surface area (Å²) in [5.41, 5.74) is 0.402. The molecule has 2 amide bonds. The Morgan fingerprint density at radius 2 is 1.72 bits per heavy atom. The van der Waals surface area contributed by atoms with Crippen LogP contribution in [0.25, 0.3) is 0 Å². The quantitative estimate of drug-likeness (QED) is 0.780. The molecular weight excluding hydrogens is 234 g/mol. The first-order valence-corrected chi connectivity index (χ1v) is 5.81. The van der Waals surface area contributed by atoms with Gasteiger partial charge in [0, 0.05) is 6.54 Å². The second-order valence-corrected chi connectivity index (χ2v) is 4.89. The van der Waals surface area contributed by atoms with Crippen LogP contribution < -0.4 is 0 Å². The Balaban J connectivity index is 1.88. The summed E-state index contributed by atoms with van der Waals surface area (Å²) in [4.78, 5) is 25.5. The standard InChI is InChI=1S/C13H13NO4/c15-6-13(7-18-8-13)5-14-11(16)9-3-1-2-4-10(9)12(14)17/h1-4,15H,5-8H2. The Morgan fingerprint density at radius 3 is 2.11 bits per heavy atom. The number of carbonyl (C=O) groups is 2. The van der Waals surface area contributed by atoms with Gasteiger partial charge in [-0.1, -0.05) is 12.1 Å². The largest absolute Gasteiger partial charge is 0.396 e. The van der Waals surface area contributed by atoms with Gasteiger partial charge in [-0.25, -0.2) is 0 Å². The molecule has 0 bridgehead atoms. The number of ether oxygens (including phenoxy) is 1. The van der Waals surface area contributed by atoms with Crippen LogP contribution in [0.5, 0.6) is 0 Å². The normalized spacial score (nSPS) is 20.8. The van der Waals surface area contributed by atoms with Crippen LogP contribution in [0.4, 0.5) is 0 Å². The van der Waals surface area contributed by atoms with Gasteiger partial charge in [-0.2, -0.15) is 0 Å². The molecule has 1 aromatic carbocycles. The summed E-state index contributed by atoms with van der Waals surface area (Å²) < 4.78 is 5.08. The molecule has 5 heteroatoms. The van der Waals surface area contributed by atoms with Crippen LogP contribution in [-0.2, 0) is 4.74 Å². The minimum atomic E-state index is -0.479. The summed E-state index contributed by atoms with van der Waals surface area (Å²) in [7, 11) is 0. The summed E-state index contributed by atoms with van der Waals surface area (Å²) in [5, 5.41) is 9.36. The number of benzene rings is 1. The van der Waals surface area contributed by atoms with E-state index in [1.165, 1.54) is 4.90 Å². The summed E-state index contributed by atoms with van der Waals surface area (Å²) >= 11 is 0. The zero-order chi connectivity index (χ0) is 12.8. The number of amides is 2. The third-order valence-corrected chi connectivity index (χ3v) is 3.52. The molecule has 1 N–H and O–H groups in total. The van der Waals surface area contributed by atoms with E-state index in [2.05, 4.69) is 0 Å². The number of hydrogen-bond acceptors (Lipinski definition) is 4. The highest BCUT2D eigenvalue weighted by Gasteiger charge is 2.45. The predicted octanol–water partition coefficient (Wildman–Crippen LogP) is 0.292. The molecule has 0 atom stereocenters. The number of fused-ring (bicyclic) bond motifs is 1. The highest BCUT2D eigenvalue weighted by molar-refractivity contribution is 6.21. The zero-order valence-electron chi connectivity index (χ0n) is 9.76. The number of nitrogens with zero attached hydrogens (tertiary/aromatic N) is 1. The molecule has 0 radical (unpaired) electrons. The number of rotatable bonds is 3. The van der Waals surface area contributed by atoms with Gasteiger partial charge < -0.3 is 9.84 Å². The van der Waals surface area contributed by atoms with Gasteiger partial charge in [0.05, 0.1) is 36.4 Å². The lowest BCUT2D eigenvalue weighted by atomic mass is 9.86. The summed E-state index contributed by atoms with van der Waals surface area (Å²) in [6, 6.07) is 6.78. The third kappa shape index (κ3) is 1.48. The Bertz CT molecular complexity index is 481. The maximum atomic E-state index is 12.1. The van der Waals surface area contributed by atoms with Crippen molar-refractivity contribution in [2.75, 3.05) is 26.4 Å². The molecule has 2 heterocycles. The van der Waals surface area contributed by atoms with E-state index in [-0.39, 0.29) is 25.0 Å². The SMILES string of the molecule is O=C1c2ccccc2C(=O)N1CC1(CO)COC1. The van der Waals surface area contributed by atoms with Gasteiger partial charge in [0.15, 0.2) is 0 Å². The lowest BCUT2D eigenvalue weighted by molar-refractivity contribution is -0.141. The molecule has 0 spiro atoms. The first-order valence-electron chi connectivity index (χ1n) is 5.81. The van der Waals surface area contributed by atoms with E-state index in [9.17, 15) is 14.7 Å². The van der Waals surface area contributed by atoms with Crippen molar-refractivity contribution in [3.63, 3.8) is 0 Å². The fraction of sp³-hybridized carbons (Fsp3) is 0.385. The Labute approximate surface area is 104 Å². The van der Waals surface area contributed by atoms with Crippen molar-refractivity contribution in [3.8, 4) is 0 Å². The smallest absolute Gasteiger partial charge is 0.261 e. The molecule has 0 saturated carbocycles. The molecule has 2 aliphatic rings. The van der Waals surface area contributed by atoms with E-state index in [1.807, 2.05) is 0 Å². The van der Waals surface area contributed by atoms with Crippen LogP contribution in [0.3, 0.4) is 0 Å². The molecule has 1 aromatic rings. The molecule has 0 unspecified atom stereocenters. The average Bonchev–Trinajstić information content (AvgIpc) is 2.59. The van der Waals surface area contributed by atoms with Crippen LogP contribution in [-0.4, -0.2) is 48.2 Å². The van der Waals surface area contributed by atoms with Crippen molar-refractivity contribution < 1.29 is 19.4 Å². The Morgan fingerprint density at radius 1 is 1.17 bits per heavy atom. The first-order chi connectivity index (χ1) is 8.67. The number of imide groups is 1. The van der Waals surface area contributed by atoms with E-state index >= 15 is 0 Å². The number of aliphatic hydroxyl groups excluding tert-OH is 1. The van der Waals surface area contributed by atoms with Crippen LogP contribution in [0.15, 0.2) is 24.3 Å². The van der Waals surface area contributed by atoms with E-state index in [0.717, 1.165) is 0 Å². The minimum absolute atomic E-state index is 0.0829. The fourth-order valence-corrected chi connectivity index (χ4v) is 2.34. The van der Waals surface area contributed by atoms with E-state index in [0.29, 0.717) is 24.3 Å². The van der Waals surface area contributed by atoms with Gasteiger partial charge in [0.25, 0.3) is 11.8 Å². The lowest BCUT2D eigenvalue weighted by Crippen LogP contribution is -2.54. The molecular formula is C13H13NO4. The Kier molecular flexibility index (Phi) is 2.46. The molecule has 18 heavy (non-hydrogen) atoms. The molecule has 0 aromatic heterocycles. The Hall–Kier alpha value is -1.72. The number of aliphatic hydroxyl groups is 1. The van der Waals surface area contributed by atoms with Gasteiger partial charge in [-0.3, -0.25) is 14.5 Å². The second kappa shape index (κ2) is 3.90. The van der Waals surface area contributed by atoms with Crippen molar-refractivity contribution in [1.82, 2.24) is 4.90 Å². The molecule has 3 rings (SSSR count). The highest BCUT2D eigenvalue weighted by Crippen LogP contribution is 2.31. The van der Waals surface area contributed by atoms with Crippen molar-refractivity contribution in [2.24, 2.45) is 5.41 Å². The first kappa shape index (κ1) is 11.4. The maximum Gasteiger partial charge on any atom is 0.261 e. The molecule has 1 saturated heterocycles. The number of hydrogen-bond donors (Lipinski definition) is 1. The van der Waals surface area contributed by atoms with Crippen LogP contribution >= 0.6 is 0 Å². The molecule has 94 valence electrons. The van der Waals surface area contributed by atoms with Gasteiger partial charge in [-0.05, 0) is 12.1 Å². The van der Waals surface area contributed by atoms with Crippen LogP contribution in [0, 0.1) is 5.41 Å². The van der Waals surface area contributed by atoms with Gasteiger partial charge in [0.1, 0.15) is 0 Å². The highest BCUT2D eigenvalue weighted by atomic mass is 16.5. The third-order valence-electron chi connectivity index (χ3n) is 3.52. The molecule has 2 aliphatic heterocycles. The summed E-state index contributed by atoms with van der Waals surface area (Å²) in [6.07, 6.45) is 0. The van der Waals surface area contributed by atoms with E-state index in [1.54, 1.807) is 24.3 Å². The fourth-order valence-electron chi connectivity index (χ4n) is 2.34. The molecule has 5 nitrogen and oxygen atoms in total. The topological polar surface area (TPSA) is 66.8 Å². The van der Waals surface area contributed by atoms with Gasteiger partial charge >= 0.3 is 0 Å². The van der Waals surface area contributed by atoms with E-state index in [4.69, 9.17) is 4.74 Å². The predicted molar refractivity (Wildman–Crippen MR) is 62.1 cm³/mol. The maximum absolute atomic E-state index is 12.1. The monoisotopic (exact) mass is 247 g/mol. The molecule has 1 fully saturated rings. The van der Waals surface area contributed by atoms with Crippen molar-refractivity contribution in [3.05, 3.63) is 35.4 Å². The van der Waals surface area contributed by atoms with Crippen molar-refractivity contribution in [2.45, 2.75) is 0 Å².